The van der Waals surface area contributed by atoms with Crippen LogP contribution in [-0.2, 0) is 6.54 Å². The highest BCUT2D eigenvalue weighted by molar-refractivity contribution is 6.30. The quantitative estimate of drug-likeness (QED) is 0.749. The monoisotopic (exact) mass is 170 g/mol. The summed E-state index contributed by atoms with van der Waals surface area (Å²) in [5, 5.41) is 3.86. The summed E-state index contributed by atoms with van der Waals surface area (Å²) in [5.41, 5.74) is 1.02. The van der Waals surface area contributed by atoms with Crippen LogP contribution in [0.2, 0.25) is 5.02 Å². The highest BCUT2D eigenvalue weighted by Gasteiger charge is 1.91. The van der Waals surface area contributed by atoms with Crippen molar-refractivity contribution in [3.63, 3.8) is 0 Å². The van der Waals surface area contributed by atoms with Crippen LogP contribution in [0.5, 0.6) is 0 Å². The first-order valence-corrected chi connectivity index (χ1v) is 4.02. The van der Waals surface area contributed by atoms with Gasteiger partial charge in [-0.3, -0.25) is 4.98 Å². The van der Waals surface area contributed by atoms with Crippen molar-refractivity contribution in [2.75, 3.05) is 6.54 Å². The van der Waals surface area contributed by atoms with Crippen LogP contribution in [0.25, 0.3) is 0 Å². The van der Waals surface area contributed by atoms with E-state index in [0.29, 0.717) is 5.02 Å². The lowest BCUT2D eigenvalue weighted by atomic mass is 10.3. The van der Waals surface area contributed by atoms with E-state index in [4.69, 9.17) is 11.6 Å². The van der Waals surface area contributed by atoms with E-state index in [1.165, 1.54) is 0 Å². The number of rotatable bonds is 3. The van der Waals surface area contributed by atoms with Gasteiger partial charge in [0.05, 0.1) is 10.7 Å². The van der Waals surface area contributed by atoms with Gasteiger partial charge >= 0.3 is 0 Å². The molecule has 0 aromatic carbocycles. The summed E-state index contributed by atoms with van der Waals surface area (Å²) >= 11 is 5.66. The molecule has 0 amide bonds. The van der Waals surface area contributed by atoms with Crippen LogP contribution < -0.4 is 5.32 Å². The molecule has 0 fully saturated rings. The Morgan fingerprint density at radius 3 is 2.91 bits per heavy atom. The van der Waals surface area contributed by atoms with Gasteiger partial charge in [0.1, 0.15) is 0 Å². The molecular formula is C8H11ClN2. The van der Waals surface area contributed by atoms with Crippen molar-refractivity contribution in [3.05, 3.63) is 29.0 Å². The third kappa shape index (κ3) is 2.87. The summed E-state index contributed by atoms with van der Waals surface area (Å²) in [6, 6.07) is 3.77. The van der Waals surface area contributed by atoms with E-state index in [2.05, 4.69) is 17.2 Å². The highest BCUT2D eigenvalue weighted by atomic mass is 35.5. The topological polar surface area (TPSA) is 24.9 Å². The Balaban J connectivity index is 2.52. The Labute approximate surface area is 71.6 Å². The van der Waals surface area contributed by atoms with Gasteiger partial charge in [-0.15, -0.1) is 0 Å². The summed E-state index contributed by atoms with van der Waals surface area (Å²) in [5.74, 6) is 0. The van der Waals surface area contributed by atoms with E-state index >= 15 is 0 Å². The number of hydrogen-bond acceptors (Lipinski definition) is 2. The summed E-state index contributed by atoms with van der Waals surface area (Å²) < 4.78 is 0. The molecule has 0 spiro atoms. The fourth-order valence-corrected chi connectivity index (χ4v) is 0.876. The molecule has 1 rings (SSSR count). The molecule has 1 heterocycles. The van der Waals surface area contributed by atoms with Crippen molar-refractivity contribution in [1.82, 2.24) is 10.3 Å². The Hall–Kier alpha value is -0.600. The normalized spacial score (nSPS) is 10.0. The van der Waals surface area contributed by atoms with Gasteiger partial charge in [-0.1, -0.05) is 18.5 Å². The average Bonchev–Trinajstić information content (AvgIpc) is 2.04. The molecule has 2 nitrogen and oxygen atoms in total. The maximum atomic E-state index is 5.66. The van der Waals surface area contributed by atoms with Crippen LogP contribution in [0, 0.1) is 0 Å². The minimum Gasteiger partial charge on any atom is -0.311 e. The Kier molecular flexibility index (Phi) is 3.33. The Bertz CT molecular complexity index is 208. The smallest absolute Gasteiger partial charge is 0.0589 e. The molecule has 1 aromatic rings. The van der Waals surface area contributed by atoms with Gasteiger partial charge in [-0.2, -0.15) is 0 Å². The van der Waals surface area contributed by atoms with Crippen LogP contribution >= 0.6 is 11.6 Å². The molecule has 1 aromatic heterocycles. The average molecular weight is 171 g/mol. The summed E-state index contributed by atoms with van der Waals surface area (Å²) in [6.07, 6.45) is 1.66. The van der Waals surface area contributed by atoms with Crippen LogP contribution in [0.15, 0.2) is 18.3 Å². The largest absolute Gasteiger partial charge is 0.311 e. The molecule has 0 bridgehead atoms. The van der Waals surface area contributed by atoms with E-state index in [-0.39, 0.29) is 0 Å². The molecule has 11 heavy (non-hydrogen) atoms. The zero-order valence-electron chi connectivity index (χ0n) is 6.47. The van der Waals surface area contributed by atoms with Gasteiger partial charge < -0.3 is 5.32 Å². The first kappa shape index (κ1) is 8.50. The van der Waals surface area contributed by atoms with Crippen molar-refractivity contribution in [2.24, 2.45) is 0 Å². The third-order valence-electron chi connectivity index (χ3n) is 1.34. The fourth-order valence-electron chi connectivity index (χ4n) is 0.764. The van der Waals surface area contributed by atoms with Crippen LogP contribution in [-0.4, -0.2) is 11.5 Å². The summed E-state index contributed by atoms with van der Waals surface area (Å²) in [4.78, 5) is 4.12. The van der Waals surface area contributed by atoms with Crippen molar-refractivity contribution in [2.45, 2.75) is 13.5 Å². The molecule has 0 aliphatic carbocycles. The summed E-state index contributed by atoms with van der Waals surface area (Å²) in [6.45, 7) is 3.84. The van der Waals surface area contributed by atoms with Crippen molar-refractivity contribution < 1.29 is 0 Å². The van der Waals surface area contributed by atoms with Gasteiger partial charge in [0.2, 0.25) is 0 Å². The lowest BCUT2D eigenvalue weighted by Gasteiger charge is -1.99. The molecule has 3 heteroatoms. The first-order chi connectivity index (χ1) is 5.33. The second kappa shape index (κ2) is 4.31. The molecule has 0 aliphatic heterocycles. The number of nitrogens with zero attached hydrogens (tertiary/aromatic N) is 1. The van der Waals surface area contributed by atoms with Crippen molar-refractivity contribution in [1.29, 1.82) is 0 Å². The van der Waals surface area contributed by atoms with Gasteiger partial charge in [0.25, 0.3) is 0 Å². The predicted octanol–water partition coefficient (Wildman–Crippen LogP) is 1.84. The number of nitrogens with one attached hydrogen (secondary N) is 1. The predicted molar refractivity (Wildman–Crippen MR) is 46.6 cm³/mol. The van der Waals surface area contributed by atoms with E-state index in [1.807, 2.05) is 12.1 Å². The number of aromatic nitrogens is 1. The standard InChI is InChI=1S/C8H11ClN2/c1-2-10-6-8-4-3-7(9)5-11-8/h3-5,10H,2,6H2,1H3. The lowest BCUT2D eigenvalue weighted by molar-refractivity contribution is 0.711. The molecule has 60 valence electrons. The van der Waals surface area contributed by atoms with Crippen LogP contribution in [0.4, 0.5) is 0 Å². The van der Waals surface area contributed by atoms with Crippen molar-refractivity contribution >= 4 is 11.6 Å². The molecule has 0 saturated carbocycles. The van der Waals surface area contributed by atoms with Crippen molar-refractivity contribution in [3.8, 4) is 0 Å². The Morgan fingerprint density at radius 1 is 1.55 bits per heavy atom. The zero-order chi connectivity index (χ0) is 8.10. The second-order valence-electron chi connectivity index (χ2n) is 2.25. The van der Waals surface area contributed by atoms with E-state index in [1.54, 1.807) is 6.20 Å². The maximum absolute atomic E-state index is 5.66. The minimum absolute atomic E-state index is 0.685. The molecule has 0 aliphatic rings. The van der Waals surface area contributed by atoms with Gasteiger partial charge in [-0.05, 0) is 18.7 Å². The SMILES string of the molecule is CCNCc1ccc(Cl)cn1. The van der Waals surface area contributed by atoms with Gasteiger partial charge in [-0.25, -0.2) is 0 Å². The number of pyridine rings is 1. The van der Waals surface area contributed by atoms with Crippen LogP contribution in [0.1, 0.15) is 12.6 Å². The lowest BCUT2D eigenvalue weighted by Crippen LogP contribution is -2.12. The molecular weight excluding hydrogens is 160 g/mol. The first-order valence-electron chi connectivity index (χ1n) is 3.64. The highest BCUT2D eigenvalue weighted by Crippen LogP contribution is 2.05. The van der Waals surface area contributed by atoms with Crippen LogP contribution in [0.3, 0.4) is 0 Å². The minimum atomic E-state index is 0.685. The molecule has 0 radical (unpaired) electrons. The Morgan fingerprint density at radius 2 is 2.36 bits per heavy atom. The number of halogens is 1. The molecule has 1 N–H and O–H groups in total. The molecule has 0 unspecified atom stereocenters. The fraction of sp³-hybridized carbons (Fsp3) is 0.375. The van der Waals surface area contributed by atoms with Gasteiger partial charge in [0.15, 0.2) is 0 Å². The second-order valence-corrected chi connectivity index (χ2v) is 2.68. The number of hydrogen-bond donors (Lipinski definition) is 1. The summed E-state index contributed by atoms with van der Waals surface area (Å²) in [7, 11) is 0. The molecule has 0 atom stereocenters. The van der Waals surface area contributed by atoms with E-state index < -0.39 is 0 Å². The third-order valence-corrected chi connectivity index (χ3v) is 1.57. The maximum Gasteiger partial charge on any atom is 0.0589 e. The zero-order valence-corrected chi connectivity index (χ0v) is 7.23. The van der Waals surface area contributed by atoms with Gasteiger partial charge in [0, 0.05) is 12.7 Å². The van der Waals surface area contributed by atoms with E-state index in [9.17, 15) is 0 Å². The van der Waals surface area contributed by atoms with E-state index in [0.717, 1.165) is 18.8 Å². The molecule has 0 saturated heterocycles.